The molecule has 0 aliphatic carbocycles. The molecule has 0 aromatic rings. The zero-order valence-electron chi connectivity index (χ0n) is 53.9. The molecule has 0 aromatic carbocycles. The lowest BCUT2D eigenvalue weighted by molar-refractivity contribution is -0.167. The number of carbonyl (C=O) groups is 3. The Bertz CT molecular complexity index is 1800. The Morgan fingerprint density at radius 1 is 0.253 bits per heavy atom. The van der Waals surface area contributed by atoms with Crippen LogP contribution in [0, 0.1) is 0 Å². The van der Waals surface area contributed by atoms with Gasteiger partial charge in [0.15, 0.2) is 6.10 Å². The van der Waals surface area contributed by atoms with E-state index in [4.69, 9.17) is 14.2 Å². The Balaban J connectivity index is 4.41. The highest BCUT2D eigenvalue weighted by molar-refractivity contribution is 5.71. The summed E-state index contributed by atoms with van der Waals surface area (Å²) in [5.41, 5.74) is 0. The number of allylic oxidation sites excluding steroid dienone is 24. The minimum Gasteiger partial charge on any atom is -0.462 e. The molecule has 83 heavy (non-hydrogen) atoms. The highest BCUT2D eigenvalue weighted by Gasteiger charge is 2.19. The van der Waals surface area contributed by atoms with Gasteiger partial charge in [0.1, 0.15) is 13.2 Å². The Morgan fingerprint density at radius 3 is 0.795 bits per heavy atom. The molecule has 0 bridgehead atoms. The van der Waals surface area contributed by atoms with Gasteiger partial charge in [0.25, 0.3) is 0 Å². The lowest BCUT2D eigenvalue weighted by atomic mass is 10.1. The summed E-state index contributed by atoms with van der Waals surface area (Å²) in [5.74, 6) is -0.964. The number of esters is 3. The first-order chi connectivity index (χ1) is 41.0. The van der Waals surface area contributed by atoms with Crippen molar-refractivity contribution in [2.45, 2.75) is 309 Å². The topological polar surface area (TPSA) is 78.9 Å². The van der Waals surface area contributed by atoms with Crippen LogP contribution in [-0.2, 0) is 28.6 Å². The predicted molar refractivity (Wildman–Crippen MR) is 362 cm³/mol. The highest BCUT2D eigenvalue weighted by atomic mass is 16.6. The molecule has 0 heterocycles. The summed E-state index contributed by atoms with van der Waals surface area (Å²) in [4.78, 5) is 38.4. The standard InChI is InChI=1S/C77H126O6/c1-4-7-10-13-16-19-22-25-28-31-33-34-35-36-37-38-39-40-41-42-44-46-49-52-55-58-61-64-67-70-76(79)82-73-74(72-81-75(78)69-66-63-60-57-54-51-48-45-30-27-24-21-18-15-12-9-6-3)83-77(80)71-68-65-62-59-56-53-50-47-43-32-29-26-23-20-17-14-11-8-5-2/h7,9-10,12,16,18-19,21,25-30,33-34,36-37,39-40,48,51,57,60,74H,4-6,8,11,13-15,17,20,22-24,31-32,35,38,41-47,49-50,52-56,58-59,61-73H2,1-3H3/b10-7-,12-9-,19-16-,21-18-,28-25-,29-26-,30-27-,34-33-,37-36-,40-39-,51-48-,60-57-. The van der Waals surface area contributed by atoms with Gasteiger partial charge in [-0.1, -0.05) is 295 Å². The van der Waals surface area contributed by atoms with Crippen molar-refractivity contribution >= 4 is 17.9 Å². The maximum atomic E-state index is 12.9. The average Bonchev–Trinajstić information content (AvgIpc) is 3.49. The third kappa shape index (κ3) is 68.0. The Labute approximate surface area is 512 Å². The van der Waals surface area contributed by atoms with Gasteiger partial charge in [0.05, 0.1) is 0 Å². The molecule has 0 fully saturated rings. The van der Waals surface area contributed by atoms with Crippen LogP contribution in [0.3, 0.4) is 0 Å². The van der Waals surface area contributed by atoms with Crippen LogP contribution < -0.4 is 0 Å². The zero-order chi connectivity index (χ0) is 59.9. The van der Waals surface area contributed by atoms with E-state index in [1.54, 1.807) is 0 Å². The number of carbonyl (C=O) groups excluding carboxylic acids is 3. The van der Waals surface area contributed by atoms with Crippen LogP contribution in [0.4, 0.5) is 0 Å². The van der Waals surface area contributed by atoms with Gasteiger partial charge in [0, 0.05) is 19.3 Å². The Kier molecular flexibility index (Phi) is 65.8. The summed E-state index contributed by atoms with van der Waals surface area (Å²) in [6.45, 7) is 6.37. The van der Waals surface area contributed by atoms with Gasteiger partial charge < -0.3 is 14.2 Å². The van der Waals surface area contributed by atoms with E-state index in [-0.39, 0.29) is 37.5 Å². The van der Waals surface area contributed by atoms with Crippen LogP contribution in [0.5, 0.6) is 0 Å². The molecule has 1 atom stereocenters. The normalized spacial score (nSPS) is 13.0. The molecule has 0 spiro atoms. The second kappa shape index (κ2) is 69.8. The Morgan fingerprint density at radius 2 is 0.482 bits per heavy atom. The molecule has 0 saturated carbocycles. The maximum absolute atomic E-state index is 12.9. The lowest BCUT2D eigenvalue weighted by Gasteiger charge is -2.18. The number of hydrogen-bond acceptors (Lipinski definition) is 6. The van der Waals surface area contributed by atoms with Crippen molar-refractivity contribution in [3.63, 3.8) is 0 Å². The Hall–Kier alpha value is -4.71. The number of ether oxygens (including phenoxy) is 3. The quantitative estimate of drug-likeness (QED) is 0.0261. The second-order valence-corrected chi connectivity index (χ2v) is 22.3. The zero-order valence-corrected chi connectivity index (χ0v) is 53.9. The fraction of sp³-hybridized carbons (Fsp3) is 0.649. The van der Waals surface area contributed by atoms with Crippen molar-refractivity contribution in [2.24, 2.45) is 0 Å². The van der Waals surface area contributed by atoms with E-state index in [1.807, 2.05) is 0 Å². The van der Waals surface area contributed by atoms with Crippen molar-refractivity contribution in [2.75, 3.05) is 13.2 Å². The first-order valence-corrected chi connectivity index (χ1v) is 34.3. The third-order valence-corrected chi connectivity index (χ3v) is 14.3. The van der Waals surface area contributed by atoms with E-state index in [1.165, 1.54) is 141 Å². The number of hydrogen-bond donors (Lipinski definition) is 0. The van der Waals surface area contributed by atoms with Gasteiger partial charge in [-0.25, -0.2) is 0 Å². The summed E-state index contributed by atoms with van der Waals surface area (Å²) < 4.78 is 16.9. The van der Waals surface area contributed by atoms with E-state index < -0.39 is 6.10 Å². The SMILES string of the molecule is CC/C=C\C/C=C\C/C=C\C/C=C\C/C=C\C/C=C\CCCCCCCCCCCCC(=O)OCC(COC(=O)CCC/C=C\C/C=C\C/C=C\C/C=C\C/C=C\CC)OC(=O)CCCCCCCCCCC/C=C\CCCCCCCC. The monoisotopic (exact) mass is 1150 g/mol. The predicted octanol–water partition coefficient (Wildman–Crippen LogP) is 23.9. The molecule has 0 N–H and O–H groups in total. The van der Waals surface area contributed by atoms with Crippen LogP contribution in [0.2, 0.25) is 0 Å². The van der Waals surface area contributed by atoms with Gasteiger partial charge >= 0.3 is 17.9 Å². The summed E-state index contributed by atoms with van der Waals surface area (Å²) in [6.07, 6.45) is 100. The maximum Gasteiger partial charge on any atom is 0.306 e. The third-order valence-electron chi connectivity index (χ3n) is 14.3. The van der Waals surface area contributed by atoms with E-state index >= 15 is 0 Å². The largest absolute Gasteiger partial charge is 0.462 e. The first-order valence-electron chi connectivity index (χ1n) is 34.3. The van der Waals surface area contributed by atoms with E-state index in [2.05, 4.69) is 167 Å². The fourth-order valence-electron chi connectivity index (χ4n) is 9.24. The van der Waals surface area contributed by atoms with Gasteiger partial charge in [-0.3, -0.25) is 14.4 Å². The molecule has 6 heteroatoms. The minimum absolute atomic E-state index is 0.102. The molecule has 0 aliphatic rings. The van der Waals surface area contributed by atoms with Crippen molar-refractivity contribution in [1.29, 1.82) is 0 Å². The molecule has 0 aromatic heterocycles. The first kappa shape index (κ1) is 78.3. The van der Waals surface area contributed by atoms with Crippen LogP contribution >= 0.6 is 0 Å². The van der Waals surface area contributed by atoms with Crippen LogP contribution in [0.1, 0.15) is 303 Å². The van der Waals surface area contributed by atoms with Gasteiger partial charge in [-0.05, 0) is 135 Å². The lowest BCUT2D eigenvalue weighted by Crippen LogP contribution is -2.30. The molecule has 470 valence electrons. The average molecular weight is 1150 g/mol. The molecule has 0 radical (unpaired) electrons. The second-order valence-electron chi connectivity index (χ2n) is 22.3. The molecular weight excluding hydrogens is 1020 g/mol. The van der Waals surface area contributed by atoms with Crippen LogP contribution in [-0.4, -0.2) is 37.2 Å². The van der Waals surface area contributed by atoms with Gasteiger partial charge in [0.2, 0.25) is 0 Å². The molecule has 0 rings (SSSR count). The summed E-state index contributed by atoms with van der Waals surface area (Å²) in [6, 6.07) is 0. The van der Waals surface area contributed by atoms with Crippen molar-refractivity contribution in [3.8, 4) is 0 Å². The summed E-state index contributed by atoms with van der Waals surface area (Å²) in [7, 11) is 0. The van der Waals surface area contributed by atoms with E-state index in [0.29, 0.717) is 19.3 Å². The van der Waals surface area contributed by atoms with Crippen molar-refractivity contribution in [3.05, 3.63) is 146 Å². The molecule has 0 amide bonds. The van der Waals surface area contributed by atoms with Crippen molar-refractivity contribution in [1.82, 2.24) is 0 Å². The molecule has 0 saturated heterocycles. The molecule has 1 unspecified atom stereocenters. The van der Waals surface area contributed by atoms with E-state index in [0.717, 1.165) is 116 Å². The van der Waals surface area contributed by atoms with Crippen LogP contribution in [0.15, 0.2) is 146 Å². The number of rotatable bonds is 61. The molecular formula is C77H126O6. The van der Waals surface area contributed by atoms with Gasteiger partial charge in [-0.2, -0.15) is 0 Å². The van der Waals surface area contributed by atoms with E-state index in [9.17, 15) is 14.4 Å². The highest BCUT2D eigenvalue weighted by Crippen LogP contribution is 2.16. The molecule has 6 nitrogen and oxygen atoms in total. The van der Waals surface area contributed by atoms with Gasteiger partial charge in [-0.15, -0.1) is 0 Å². The molecule has 0 aliphatic heterocycles. The smallest absolute Gasteiger partial charge is 0.306 e. The fourth-order valence-corrected chi connectivity index (χ4v) is 9.24. The summed E-state index contributed by atoms with van der Waals surface area (Å²) in [5, 5.41) is 0. The summed E-state index contributed by atoms with van der Waals surface area (Å²) >= 11 is 0. The number of unbranched alkanes of at least 4 members (excludes halogenated alkanes) is 26. The van der Waals surface area contributed by atoms with Crippen LogP contribution in [0.25, 0.3) is 0 Å². The minimum atomic E-state index is -0.811. The van der Waals surface area contributed by atoms with Crippen molar-refractivity contribution < 1.29 is 28.6 Å².